The third-order valence-corrected chi connectivity index (χ3v) is 3.30. The Bertz CT molecular complexity index is 662. The van der Waals surface area contributed by atoms with Gasteiger partial charge in [-0.2, -0.15) is 0 Å². The third kappa shape index (κ3) is 3.62. The lowest BCUT2D eigenvalue weighted by molar-refractivity contribution is 0.305. The summed E-state index contributed by atoms with van der Waals surface area (Å²) in [5.41, 5.74) is 6.23. The maximum absolute atomic E-state index is 13.4. The molecule has 0 saturated carbocycles. The van der Waals surface area contributed by atoms with Gasteiger partial charge in [0.25, 0.3) is 0 Å². The summed E-state index contributed by atoms with van der Waals surface area (Å²) >= 11 is 11.7. The van der Waals surface area contributed by atoms with Crippen LogP contribution < -0.4 is 10.5 Å². The molecule has 0 atom stereocenters. The van der Waals surface area contributed by atoms with E-state index in [0.717, 1.165) is 0 Å². The predicted molar refractivity (Wildman–Crippen MR) is 78.2 cm³/mol. The summed E-state index contributed by atoms with van der Waals surface area (Å²) in [5.74, 6) is -0.140. The average molecular weight is 313 g/mol. The molecule has 3 nitrogen and oxygen atoms in total. The van der Waals surface area contributed by atoms with E-state index in [2.05, 4.69) is 0 Å². The van der Waals surface area contributed by atoms with Gasteiger partial charge in [-0.3, -0.25) is 5.41 Å². The highest BCUT2D eigenvalue weighted by atomic mass is 35.5. The van der Waals surface area contributed by atoms with Gasteiger partial charge in [-0.25, -0.2) is 4.39 Å². The van der Waals surface area contributed by atoms with Crippen molar-refractivity contribution in [2.75, 3.05) is 0 Å². The van der Waals surface area contributed by atoms with E-state index in [1.54, 1.807) is 24.3 Å². The summed E-state index contributed by atoms with van der Waals surface area (Å²) in [4.78, 5) is 0. The SMILES string of the molecule is N=C(N)c1cc(F)cc(COc2ccc(Cl)c(Cl)c2)c1. The zero-order chi connectivity index (χ0) is 14.7. The standard InChI is InChI=1S/C14H11Cl2FN2O/c15-12-2-1-11(6-13(12)16)20-7-8-3-9(14(18)19)5-10(17)4-8/h1-6H,7H2,(H3,18,19). The summed E-state index contributed by atoms with van der Waals surface area (Å²) in [6, 6.07) is 8.98. The van der Waals surface area contributed by atoms with Gasteiger partial charge in [-0.15, -0.1) is 0 Å². The Morgan fingerprint density at radius 2 is 1.90 bits per heavy atom. The second kappa shape index (κ2) is 6.11. The van der Waals surface area contributed by atoms with Gasteiger partial charge in [0.05, 0.1) is 10.0 Å². The number of amidine groups is 1. The van der Waals surface area contributed by atoms with Crippen molar-refractivity contribution < 1.29 is 9.13 Å². The van der Waals surface area contributed by atoms with Crippen LogP contribution in [0.1, 0.15) is 11.1 Å². The third-order valence-electron chi connectivity index (χ3n) is 2.57. The molecule has 0 fully saturated rings. The van der Waals surface area contributed by atoms with Crippen LogP contribution in [0.4, 0.5) is 4.39 Å². The first-order chi connectivity index (χ1) is 9.45. The average Bonchev–Trinajstić information content (AvgIpc) is 2.39. The molecule has 0 aliphatic rings. The van der Waals surface area contributed by atoms with Crippen molar-refractivity contribution >= 4 is 29.0 Å². The molecule has 0 radical (unpaired) electrons. The number of nitrogens with two attached hydrogens (primary N) is 1. The zero-order valence-electron chi connectivity index (χ0n) is 10.3. The minimum atomic E-state index is -0.467. The van der Waals surface area contributed by atoms with Gasteiger partial charge in [-0.05, 0) is 35.9 Å². The molecule has 104 valence electrons. The van der Waals surface area contributed by atoms with Crippen molar-refractivity contribution in [1.29, 1.82) is 5.41 Å². The first-order valence-electron chi connectivity index (χ1n) is 5.67. The van der Waals surface area contributed by atoms with E-state index in [9.17, 15) is 4.39 Å². The molecule has 0 unspecified atom stereocenters. The van der Waals surface area contributed by atoms with Gasteiger partial charge in [0.1, 0.15) is 24.0 Å². The Morgan fingerprint density at radius 3 is 2.55 bits per heavy atom. The van der Waals surface area contributed by atoms with Crippen molar-refractivity contribution in [1.82, 2.24) is 0 Å². The quantitative estimate of drug-likeness (QED) is 0.662. The number of rotatable bonds is 4. The van der Waals surface area contributed by atoms with Crippen LogP contribution in [0.25, 0.3) is 0 Å². The fourth-order valence-corrected chi connectivity index (χ4v) is 1.91. The maximum Gasteiger partial charge on any atom is 0.124 e. The number of hydrogen-bond acceptors (Lipinski definition) is 2. The highest BCUT2D eigenvalue weighted by Crippen LogP contribution is 2.26. The number of nitrogens with one attached hydrogen (secondary N) is 1. The molecule has 2 rings (SSSR count). The minimum Gasteiger partial charge on any atom is -0.489 e. The van der Waals surface area contributed by atoms with Crippen LogP contribution in [0.15, 0.2) is 36.4 Å². The van der Waals surface area contributed by atoms with E-state index in [-0.39, 0.29) is 12.4 Å². The molecule has 0 amide bonds. The Morgan fingerprint density at radius 1 is 1.15 bits per heavy atom. The van der Waals surface area contributed by atoms with Gasteiger partial charge in [0.2, 0.25) is 0 Å². The molecular formula is C14H11Cl2FN2O. The summed E-state index contributed by atoms with van der Waals surface area (Å²) < 4.78 is 18.9. The molecule has 0 spiro atoms. The fraction of sp³-hybridized carbons (Fsp3) is 0.0714. The molecule has 0 saturated heterocycles. The number of nitrogen functional groups attached to an aromatic ring is 1. The Hall–Kier alpha value is -1.78. The molecule has 0 aromatic heterocycles. The van der Waals surface area contributed by atoms with Crippen molar-refractivity contribution in [2.24, 2.45) is 5.73 Å². The molecule has 2 aromatic rings. The van der Waals surface area contributed by atoms with Crippen molar-refractivity contribution in [3.8, 4) is 5.75 Å². The first kappa shape index (κ1) is 14.6. The molecule has 0 aliphatic heterocycles. The van der Waals surface area contributed by atoms with Crippen LogP contribution in [0.3, 0.4) is 0 Å². The van der Waals surface area contributed by atoms with E-state index in [0.29, 0.717) is 26.9 Å². The minimum absolute atomic E-state index is 0.135. The van der Waals surface area contributed by atoms with Crippen molar-refractivity contribution in [2.45, 2.75) is 6.61 Å². The highest BCUT2D eigenvalue weighted by molar-refractivity contribution is 6.42. The van der Waals surface area contributed by atoms with Gasteiger partial charge in [0, 0.05) is 11.6 Å². The van der Waals surface area contributed by atoms with E-state index >= 15 is 0 Å². The molecule has 0 bridgehead atoms. The number of benzene rings is 2. The molecule has 0 aliphatic carbocycles. The van der Waals surface area contributed by atoms with Crippen molar-refractivity contribution in [3.05, 3.63) is 63.4 Å². The monoisotopic (exact) mass is 312 g/mol. The lowest BCUT2D eigenvalue weighted by Crippen LogP contribution is -2.12. The van der Waals surface area contributed by atoms with Crippen LogP contribution in [0.2, 0.25) is 10.0 Å². The van der Waals surface area contributed by atoms with Crippen LogP contribution in [-0.4, -0.2) is 5.84 Å². The first-order valence-corrected chi connectivity index (χ1v) is 6.43. The molecule has 20 heavy (non-hydrogen) atoms. The molecule has 0 heterocycles. The van der Waals surface area contributed by atoms with E-state index in [1.807, 2.05) is 0 Å². The second-order valence-electron chi connectivity index (χ2n) is 4.13. The molecule has 3 N–H and O–H groups in total. The fourth-order valence-electron chi connectivity index (χ4n) is 1.62. The molecule has 6 heteroatoms. The molecular weight excluding hydrogens is 302 g/mol. The van der Waals surface area contributed by atoms with E-state index in [4.69, 9.17) is 39.1 Å². The lowest BCUT2D eigenvalue weighted by Gasteiger charge is -2.09. The number of ether oxygens (including phenoxy) is 1. The smallest absolute Gasteiger partial charge is 0.124 e. The predicted octanol–water partition coefficient (Wildman–Crippen LogP) is 4.00. The zero-order valence-corrected chi connectivity index (χ0v) is 11.8. The summed E-state index contributed by atoms with van der Waals surface area (Å²) in [6.45, 7) is 0.135. The Labute approximate surface area is 125 Å². The second-order valence-corrected chi connectivity index (χ2v) is 4.94. The number of hydrogen-bond donors (Lipinski definition) is 2. The largest absolute Gasteiger partial charge is 0.489 e. The Balaban J connectivity index is 2.14. The topological polar surface area (TPSA) is 59.1 Å². The van der Waals surface area contributed by atoms with E-state index in [1.165, 1.54) is 12.1 Å². The van der Waals surface area contributed by atoms with Gasteiger partial charge < -0.3 is 10.5 Å². The van der Waals surface area contributed by atoms with Crippen molar-refractivity contribution in [3.63, 3.8) is 0 Å². The van der Waals surface area contributed by atoms with Crippen LogP contribution in [-0.2, 0) is 6.61 Å². The summed E-state index contributed by atoms with van der Waals surface area (Å²) in [5, 5.41) is 8.13. The normalized spacial score (nSPS) is 10.3. The van der Waals surface area contributed by atoms with Crippen LogP contribution in [0, 0.1) is 11.2 Å². The highest BCUT2D eigenvalue weighted by Gasteiger charge is 2.05. The van der Waals surface area contributed by atoms with E-state index < -0.39 is 5.82 Å². The maximum atomic E-state index is 13.4. The molecule has 2 aromatic carbocycles. The van der Waals surface area contributed by atoms with Crippen LogP contribution in [0.5, 0.6) is 5.75 Å². The summed E-state index contributed by atoms with van der Waals surface area (Å²) in [6.07, 6.45) is 0. The lowest BCUT2D eigenvalue weighted by atomic mass is 10.1. The number of halogens is 3. The summed E-state index contributed by atoms with van der Waals surface area (Å²) in [7, 11) is 0. The van der Waals surface area contributed by atoms with Gasteiger partial charge >= 0.3 is 0 Å². The van der Waals surface area contributed by atoms with Crippen LogP contribution >= 0.6 is 23.2 Å². The Kier molecular flexibility index (Phi) is 4.47. The van der Waals surface area contributed by atoms with Gasteiger partial charge in [-0.1, -0.05) is 23.2 Å². The van der Waals surface area contributed by atoms with Gasteiger partial charge in [0.15, 0.2) is 0 Å².